The molecule has 0 radical (unpaired) electrons. The summed E-state index contributed by atoms with van der Waals surface area (Å²) >= 11 is 0. The lowest BCUT2D eigenvalue weighted by molar-refractivity contribution is -0.132. The Hall–Kier alpha value is -1.56. The third-order valence-corrected chi connectivity index (χ3v) is 5.05. The summed E-state index contributed by atoms with van der Waals surface area (Å²) < 4.78 is 22.7. The predicted molar refractivity (Wildman–Crippen MR) is 74.5 cm³/mol. The number of anilines is 1. The smallest absolute Gasteiger partial charge is 0.229 e. The molecule has 2 N–H and O–H groups in total. The van der Waals surface area contributed by atoms with Crippen LogP contribution in [0.5, 0.6) is 0 Å². The van der Waals surface area contributed by atoms with Crippen LogP contribution in [0.25, 0.3) is 0 Å². The molecule has 1 aromatic rings. The minimum Gasteiger partial charge on any atom is -0.399 e. The molecule has 1 aliphatic rings. The molecule has 1 aliphatic heterocycles. The van der Waals surface area contributed by atoms with E-state index in [0.29, 0.717) is 5.69 Å². The average molecular weight is 282 g/mol. The van der Waals surface area contributed by atoms with E-state index in [9.17, 15) is 13.2 Å². The first-order valence-electron chi connectivity index (χ1n) is 6.24. The van der Waals surface area contributed by atoms with Crippen molar-refractivity contribution in [3.8, 4) is 0 Å². The van der Waals surface area contributed by atoms with Crippen LogP contribution >= 0.6 is 0 Å². The zero-order valence-corrected chi connectivity index (χ0v) is 11.7. The van der Waals surface area contributed by atoms with Crippen LogP contribution in [0.2, 0.25) is 0 Å². The van der Waals surface area contributed by atoms with E-state index in [-0.39, 0.29) is 36.4 Å². The lowest BCUT2D eigenvalue weighted by Gasteiger charge is -2.29. The summed E-state index contributed by atoms with van der Waals surface area (Å²) in [4.78, 5) is 13.9. The molecule has 0 saturated carbocycles. The normalized spacial score (nSPS) is 19.9. The largest absolute Gasteiger partial charge is 0.399 e. The number of carbonyl (C=O) groups excluding carboxylic acids is 1. The molecule has 1 heterocycles. The van der Waals surface area contributed by atoms with Crippen LogP contribution in [-0.2, 0) is 14.6 Å². The highest BCUT2D eigenvalue weighted by atomic mass is 32.2. The van der Waals surface area contributed by atoms with E-state index >= 15 is 0 Å². The van der Waals surface area contributed by atoms with Gasteiger partial charge in [0.05, 0.1) is 17.4 Å². The fourth-order valence-electron chi connectivity index (χ4n) is 2.18. The van der Waals surface area contributed by atoms with E-state index in [4.69, 9.17) is 5.73 Å². The van der Waals surface area contributed by atoms with Crippen molar-refractivity contribution in [3.05, 3.63) is 29.8 Å². The number of nitrogen functional groups attached to an aromatic ring is 1. The summed E-state index contributed by atoms with van der Waals surface area (Å²) in [6.07, 6.45) is 0. The summed E-state index contributed by atoms with van der Waals surface area (Å²) in [5.41, 5.74) is 7.19. The molecule has 1 saturated heterocycles. The minimum atomic E-state index is -2.96. The molecule has 0 spiro atoms. The molecule has 1 aromatic carbocycles. The Morgan fingerprint density at radius 1 is 1.32 bits per heavy atom. The second-order valence-electron chi connectivity index (χ2n) is 4.87. The number of benzene rings is 1. The summed E-state index contributed by atoms with van der Waals surface area (Å²) in [5.74, 6) is -0.227. The quantitative estimate of drug-likeness (QED) is 0.807. The van der Waals surface area contributed by atoms with Gasteiger partial charge in [0.1, 0.15) is 0 Å². The molecule has 104 valence electrons. The van der Waals surface area contributed by atoms with Gasteiger partial charge >= 0.3 is 0 Å². The Morgan fingerprint density at radius 3 is 2.53 bits per heavy atom. The average Bonchev–Trinajstić information content (AvgIpc) is 2.37. The highest BCUT2D eigenvalue weighted by Gasteiger charge is 2.28. The van der Waals surface area contributed by atoms with Gasteiger partial charge in [-0.3, -0.25) is 4.79 Å². The summed E-state index contributed by atoms with van der Waals surface area (Å²) in [5, 5.41) is 0. The van der Waals surface area contributed by atoms with Crippen LogP contribution < -0.4 is 5.73 Å². The Balaban J connectivity index is 2.08. The van der Waals surface area contributed by atoms with Crippen LogP contribution in [0.4, 0.5) is 5.69 Å². The third-order valence-electron chi connectivity index (χ3n) is 3.44. The van der Waals surface area contributed by atoms with Crippen molar-refractivity contribution in [1.82, 2.24) is 4.90 Å². The molecule has 1 fully saturated rings. The van der Waals surface area contributed by atoms with E-state index in [0.717, 1.165) is 5.56 Å². The number of sulfone groups is 1. The third kappa shape index (κ3) is 3.26. The van der Waals surface area contributed by atoms with Crippen molar-refractivity contribution in [1.29, 1.82) is 0 Å². The van der Waals surface area contributed by atoms with E-state index in [2.05, 4.69) is 0 Å². The van der Waals surface area contributed by atoms with Crippen molar-refractivity contribution in [3.63, 3.8) is 0 Å². The molecular weight excluding hydrogens is 264 g/mol. The molecule has 19 heavy (non-hydrogen) atoms. The molecular formula is C13H18N2O3S. The second kappa shape index (κ2) is 5.21. The fourth-order valence-corrected chi connectivity index (χ4v) is 3.38. The van der Waals surface area contributed by atoms with Crippen molar-refractivity contribution in [2.45, 2.75) is 12.8 Å². The van der Waals surface area contributed by atoms with Gasteiger partial charge in [-0.2, -0.15) is 0 Å². The number of nitrogens with two attached hydrogens (primary N) is 1. The standard InChI is InChI=1S/C13H18N2O3S/c1-10(11-3-2-4-12(14)9-11)13(16)15-5-7-19(17,18)8-6-15/h2-4,9-10H,5-8,14H2,1H3. The van der Waals surface area contributed by atoms with Gasteiger partial charge in [-0.1, -0.05) is 12.1 Å². The van der Waals surface area contributed by atoms with Crippen LogP contribution in [-0.4, -0.2) is 43.8 Å². The highest BCUT2D eigenvalue weighted by molar-refractivity contribution is 7.91. The maximum absolute atomic E-state index is 12.3. The SMILES string of the molecule is CC(C(=O)N1CCS(=O)(=O)CC1)c1cccc(N)c1. The van der Waals surface area contributed by atoms with Gasteiger partial charge in [-0.15, -0.1) is 0 Å². The summed E-state index contributed by atoms with van der Waals surface area (Å²) in [6.45, 7) is 2.39. The van der Waals surface area contributed by atoms with Gasteiger partial charge in [0, 0.05) is 18.8 Å². The van der Waals surface area contributed by atoms with Crippen molar-refractivity contribution in [2.24, 2.45) is 0 Å². The minimum absolute atomic E-state index is 0.0412. The predicted octanol–water partition coefficient (Wildman–Crippen LogP) is 0.629. The number of amides is 1. The van der Waals surface area contributed by atoms with Crippen molar-refractivity contribution in [2.75, 3.05) is 30.3 Å². The molecule has 1 atom stereocenters. The Morgan fingerprint density at radius 2 is 1.95 bits per heavy atom. The molecule has 0 aliphatic carbocycles. The molecule has 2 rings (SSSR count). The fraction of sp³-hybridized carbons (Fsp3) is 0.462. The van der Waals surface area contributed by atoms with Gasteiger partial charge < -0.3 is 10.6 Å². The van der Waals surface area contributed by atoms with Crippen LogP contribution in [0.3, 0.4) is 0 Å². The molecule has 1 unspecified atom stereocenters. The summed E-state index contributed by atoms with van der Waals surface area (Å²) in [6, 6.07) is 7.23. The van der Waals surface area contributed by atoms with Gasteiger partial charge in [0.2, 0.25) is 5.91 Å². The van der Waals surface area contributed by atoms with Gasteiger partial charge in [-0.25, -0.2) is 8.42 Å². The number of rotatable bonds is 2. The second-order valence-corrected chi connectivity index (χ2v) is 7.17. The van der Waals surface area contributed by atoms with E-state index in [1.807, 2.05) is 19.1 Å². The van der Waals surface area contributed by atoms with Crippen molar-refractivity contribution >= 4 is 21.4 Å². The number of carbonyl (C=O) groups is 1. The zero-order valence-electron chi connectivity index (χ0n) is 10.9. The number of hydrogen-bond acceptors (Lipinski definition) is 4. The van der Waals surface area contributed by atoms with Crippen LogP contribution in [0.15, 0.2) is 24.3 Å². The topological polar surface area (TPSA) is 80.5 Å². The molecule has 6 heteroatoms. The molecule has 0 bridgehead atoms. The first kappa shape index (κ1) is 13.9. The maximum Gasteiger partial charge on any atom is 0.229 e. The monoisotopic (exact) mass is 282 g/mol. The maximum atomic E-state index is 12.3. The number of hydrogen-bond donors (Lipinski definition) is 1. The van der Waals surface area contributed by atoms with Gasteiger partial charge in [-0.05, 0) is 24.6 Å². The van der Waals surface area contributed by atoms with Crippen molar-refractivity contribution < 1.29 is 13.2 Å². The van der Waals surface area contributed by atoms with Gasteiger partial charge in [0.25, 0.3) is 0 Å². The molecule has 5 nitrogen and oxygen atoms in total. The lowest BCUT2D eigenvalue weighted by Crippen LogP contribution is -2.45. The van der Waals surface area contributed by atoms with Crippen LogP contribution in [0.1, 0.15) is 18.4 Å². The zero-order chi connectivity index (χ0) is 14.0. The molecule has 1 amide bonds. The highest BCUT2D eigenvalue weighted by Crippen LogP contribution is 2.21. The Bertz CT molecular complexity index is 569. The molecule has 0 aromatic heterocycles. The van der Waals surface area contributed by atoms with E-state index in [1.54, 1.807) is 17.0 Å². The first-order valence-corrected chi connectivity index (χ1v) is 8.06. The Labute approximate surface area is 113 Å². The lowest BCUT2D eigenvalue weighted by atomic mass is 9.99. The van der Waals surface area contributed by atoms with Gasteiger partial charge in [0.15, 0.2) is 9.84 Å². The summed E-state index contributed by atoms with van der Waals surface area (Å²) in [7, 11) is -2.96. The van der Waals surface area contributed by atoms with E-state index in [1.165, 1.54) is 0 Å². The Kier molecular flexibility index (Phi) is 3.80. The van der Waals surface area contributed by atoms with Crippen LogP contribution in [0, 0.1) is 0 Å². The first-order chi connectivity index (χ1) is 8.89. The number of nitrogens with zero attached hydrogens (tertiary/aromatic N) is 1. The van der Waals surface area contributed by atoms with E-state index < -0.39 is 9.84 Å².